The van der Waals surface area contributed by atoms with Gasteiger partial charge in [0.15, 0.2) is 0 Å². The molecule has 0 aliphatic carbocycles. The van der Waals surface area contributed by atoms with E-state index in [9.17, 15) is 0 Å². The Balaban J connectivity index is 1.80. The van der Waals surface area contributed by atoms with Gasteiger partial charge in [0.25, 0.3) is 0 Å². The van der Waals surface area contributed by atoms with E-state index in [1.54, 1.807) is 0 Å². The fourth-order valence-corrected chi connectivity index (χ4v) is 3.34. The quantitative estimate of drug-likeness (QED) is 0.820. The van der Waals surface area contributed by atoms with E-state index in [1.165, 1.54) is 19.3 Å². The molecule has 25 heavy (non-hydrogen) atoms. The van der Waals surface area contributed by atoms with Crippen LogP contribution in [0, 0.1) is 0 Å². The van der Waals surface area contributed by atoms with Gasteiger partial charge < -0.3 is 15.0 Å². The van der Waals surface area contributed by atoms with Crippen LogP contribution < -0.4 is 15.0 Å². The van der Waals surface area contributed by atoms with Gasteiger partial charge in [-0.05, 0) is 57.7 Å². The van der Waals surface area contributed by atoms with E-state index < -0.39 is 0 Å². The number of nitrogens with one attached hydrogen (secondary N) is 1. The number of benzene rings is 1. The van der Waals surface area contributed by atoms with E-state index >= 15 is 0 Å². The zero-order valence-corrected chi connectivity index (χ0v) is 15.4. The van der Waals surface area contributed by atoms with Gasteiger partial charge in [-0.15, -0.1) is 0 Å². The Kier molecular flexibility index (Phi) is 5.74. The van der Waals surface area contributed by atoms with Crippen LogP contribution in [0.15, 0.2) is 36.5 Å². The summed E-state index contributed by atoms with van der Waals surface area (Å²) in [7, 11) is 0. The lowest BCUT2D eigenvalue weighted by Gasteiger charge is -2.36. The summed E-state index contributed by atoms with van der Waals surface area (Å²) in [6.45, 7) is 7.37. The van der Waals surface area contributed by atoms with E-state index in [2.05, 4.69) is 22.1 Å². The van der Waals surface area contributed by atoms with Crippen molar-refractivity contribution >= 4 is 17.5 Å². The molecule has 1 unspecified atom stereocenters. The molecule has 2 aromatic rings. The molecule has 134 valence electrons. The second-order valence-electron chi connectivity index (χ2n) is 6.78. The highest BCUT2D eigenvalue weighted by atomic mass is 16.5. The Morgan fingerprint density at radius 2 is 2.08 bits per heavy atom. The fourth-order valence-electron chi connectivity index (χ4n) is 3.34. The molecule has 1 atom stereocenters. The Bertz CT molecular complexity index is 689. The number of piperidine rings is 1. The maximum Gasteiger partial charge on any atom is 0.229 e. The average Bonchev–Trinajstić information content (AvgIpc) is 2.63. The predicted molar refractivity (Wildman–Crippen MR) is 103 cm³/mol. The molecule has 1 N–H and O–H groups in total. The lowest BCUT2D eigenvalue weighted by molar-refractivity contribution is 0.244. The van der Waals surface area contributed by atoms with Gasteiger partial charge in [0.2, 0.25) is 5.95 Å². The second-order valence-corrected chi connectivity index (χ2v) is 6.78. The summed E-state index contributed by atoms with van der Waals surface area (Å²) in [4.78, 5) is 11.6. The van der Waals surface area contributed by atoms with Crippen LogP contribution in [0.1, 0.15) is 46.5 Å². The molecule has 1 aromatic carbocycles. The third-order valence-electron chi connectivity index (χ3n) is 4.53. The molecule has 3 rings (SSSR count). The monoisotopic (exact) mass is 340 g/mol. The highest BCUT2D eigenvalue weighted by Gasteiger charge is 2.22. The van der Waals surface area contributed by atoms with Gasteiger partial charge in [-0.2, -0.15) is 4.98 Å². The first-order chi connectivity index (χ1) is 12.2. The van der Waals surface area contributed by atoms with Crippen molar-refractivity contribution in [3.05, 3.63) is 36.5 Å². The molecule has 1 aliphatic rings. The van der Waals surface area contributed by atoms with Crippen LogP contribution in [0.4, 0.5) is 17.5 Å². The Morgan fingerprint density at radius 3 is 2.88 bits per heavy atom. The summed E-state index contributed by atoms with van der Waals surface area (Å²) < 4.78 is 5.87. The van der Waals surface area contributed by atoms with E-state index in [0.717, 1.165) is 30.2 Å². The molecule has 5 nitrogen and oxygen atoms in total. The number of rotatable bonds is 6. The standard InChI is InChI=1S/C20H28N4O/c1-4-16-9-7-8-14-24(16)19-12-13-21-20(23-19)22-17-10-5-6-11-18(17)25-15(2)3/h5-6,10-13,15-16H,4,7-9,14H2,1-3H3,(H,21,22,23). The number of aromatic nitrogens is 2. The van der Waals surface area contributed by atoms with Crippen LogP contribution in [0.5, 0.6) is 5.75 Å². The molecule has 0 bridgehead atoms. The van der Waals surface area contributed by atoms with Crippen LogP contribution in [-0.2, 0) is 0 Å². The van der Waals surface area contributed by atoms with Gasteiger partial charge in [-0.25, -0.2) is 4.98 Å². The van der Waals surface area contributed by atoms with E-state index in [4.69, 9.17) is 9.72 Å². The summed E-state index contributed by atoms with van der Waals surface area (Å²) in [5, 5.41) is 3.32. The van der Waals surface area contributed by atoms with Gasteiger partial charge in [-0.1, -0.05) is 19.1 Å². The third-order valence-corrected chi connectivity index (χ3v) is 4.53. The smallest absolute Gasteiger partial charge is 0.229 e. The van der Waals surface area contributed by atoms with Crippen molar-refractivity contribution < 1.29 is 4.74 Å². The first kappa shape index (κ1) is 17.5. The Labute approximate surface area is 150 Å². The Morgan fingerprint density at radius 1 is 1.24 bits per heavy atom. The van der Waals surface area contributed by atoms with Crippen molar-refractivity contribution in [1.82, 2.24) is 9.97 Å². The minimum atomic E-state index is 0.119. The number of hydrogen-bond donors (Lipinski definition) is 1. The van der Waals surface area contributed by atoms with Crippen LogP contribution in [-0.4, -0.2) is 28.7 Å². The lowest BCUT2D eigenvalue weighted by Crippen LogP contribution is -2.39. The molecule has 1 fully saturated rings. The normalized spacial score (nSPS) is 17.6. The summed E-state index contributed by atoms with van der Waals surface area (Å²) in [5.41, 5.74) is 0.888. The topological polar surface area (TPSA) is 50.3 Å². The van der Waals surface area contributed by atoms with Gasteiger partial charge in [0.05, 0.1) is 11.8 Å². The van der Waals surface area contributed by atoms with Crippen molar-refractivity contribution in [2.45, 2.75) is 58.6 Å². The molecule has 1 aromatic heterocycles. The minimum absolute atomic E-state index is 0.119. The first-order valence-electron chi connectivity index (χ1n) is 9.29. The van der Waals surface area contributed by atoms with E-state index in [1.807, 2.05) is 50.4 Å². The van der Waals surface area contributed by atoms with Crippen molar-refractivity contribution in [2.75, 3.05) is 16.8 Å². The van der Waals surface area contributed by atoms with Gasteiger partial charge in [0.1, 0.15) is 11.6 Å². The van der Waals surface area contributed by atoms with Gasteiger partial charge in [0, 0.05) is 18.8 Å². The lowest BCUT2D eigenvalue weighted by atomic mass is 10.0. The molecule has 0 saturated carbocycles. The average molecular weight is 340 g/mol. The molecular formula is C20H28N4O. The minimum Gasteiger partial charge on any atom is -0.489 e. The zero-order valence-electron chi connectivity index (χ0n) is 15.4. The highest BCUT2D eigenvalue weighted by Crippen LogP contribution is 2.29. The highest BCUT2D eigenvalue weighted by molar-refractivity contribution is 5.63. The maximum atomic E-state index is 5.87. The molecule has 0 spiro atoms. The molecule has 0 amide bonds. The first-order valence-corrected chi connectivity index (χ1v) is 9.29. The van der Waals surface area contributed by atoms with Crippen molar-refractivity contribution in [3.63, 3.8) is 0 Å². The second kappa shape index (κ2) is 8.19. The third kappa shape index (κ3) is 4.41. The molecule has 0 radical (unpaired) electrons. The summed E-state index contributed by atoms with van der Waals surface area (Å²) in [5.74, 6) is 2.43. The van der Waals surface area contributed by atoms with Gasteiger partial charge >= 0.3 is 0 Å². The molecule has 1 aliphatic heterocycles. The van der Waals surface area contributed by atoms with Crippen molar-refractivity contribution in [1.29, 1.82) is 0 Å². The summed E-state index contributed by atoms with van der Waals surface area (Å²) >= 11 is 0. The number of hydrogen-bond acceptors (Lipinski definition) is 5. The summed E-state index contributed by atoms with van der Waals surface area (Å²) in [6, 6.07) is 10.5. The molecular weight excluding hydrogens is 312 g/mol. The number of para-hydroxylation sites is 2. The number of ether oxygens (including phenoxy) is 1. The number of nitrogens with zero attached hydrogens (tertiary/aromatic N) is 3. The Hall–Kier alpha value is -2.30. The number of anilines is 3. The van der Waals surface area contributed by atoms with Crippen molar-refractivity contribution in [3.8, 4) is 5.75 Å². The van der Waals surface area contributed by atoms with Crippen molar-refractivity contribution in [2.24, 2.45) is 0 Å². The van der Waals surface area contributed by atoms with Crippen LogP contribution in [0.2, 0.25) is 0 Å². The zero-order chi connectivity index (χ0) is 17.6. The SMILES string of the molecule is CCC1CCCCN1c1ccnc(Nc2ccccc2OC(C)C)n1. The summed E-state index contributed by atoms with van der Waals surface area (Å²) in [6.07, 6.45) is 6.89. The fraction of sp³-hybridized carbons (Fsp3) is 0.500. The molecule has 1 saturated heterocycles. The molecule has 5 heteroatoms. The van der Waals surface area contributed by atoms with Crippen LogP contribution >= 0.6 is 0 Å². The van der Waals surface area contributed by atoms with Crippen LogP contribution in [0.3, 0.4) is 0 Å². The van der Waals surface area contributed by atoms with Gasteiger partial charge in [-0.3, -0.25) is 0 Å². The largest absolute Gasteiger partial charge is 0.489 e. The van der Waals surface area contributed by atoms with Crippen LogP contribution in [0.25, 0.3) is 0 Å². The van der Waals surface area contributed by atoms with E-state index in [0.29, 0.717) is 12.0 Å². The van der Waals surface area contributed by atoms with E-state index in [-0.39, 0.29) is 6.10 Å². The maximum absolute atomic E-state index is 5.87. The predicted octanol–water partition coefficient (Wildman–Crippen LogP) is 4.78. The molecule has 2 heterocycles.